The second-order valence-electron chi connectivity index (χ2n) is 2.30. The molecule has 0 aromatic rings. The first-order valence-electron chi connectivity index (χ1n) is 3.12. The van der Waals surface area contributed by atoms with Crippen molar-refractivity contribution in [3.63, 3.8) is 0 Å². The number of alkyl halides is 1. The first-order valence-corrected chi connectivity index (χ1v) is 4.04. The van der Waals surface area contributed by atoms with Crippen molar-refractivity contribution in [3.05, 3.63) is 0 Å². The molecule has 0 spiro atoms. The van der Waals surface area contributed by atoms with E-state index in [1.165, 1.54) is 0 Å². The highest BCUT2D eigenvalue weighted by molar-refractivity contribution is 6.64. The van der Waals surface area contributed by atoms with Gasteiger partial charge in [0.05, 0.1) is 12.0 Å². The number of ether oxygens (including phenoxy) is 1. The van der Waals surface area contributed by atoms with Crippen LogP contribution in [0.5, 0.6) is 0 Å². The SMILES string of the molecule is O=C(Cl)C1CCC1OCCl. The molecule has 4 heteroatoms. The largest absolute Gasteiger partial charge is 0.362 e. The van der Waals surface area contributed by atoms with E-state index in [0.29, 0.717) is 0 Å². The minimum atomic E-state index is -0.304. The van der Waals surface area contributed by atoms with E-state index in [4.69, 9.17) is 27.9 Å². The van der Waals surface area contributed by atoms with Gasteiger partial charge in [0.2, 0.25) is 5.24 Å². The molecule has 1 rings (SSSR count). The summed E-state index contributed by atoms with van der Waals surface area (Å²) in [6.07, 6.45) is 1.71. The van der Waals surface area contributed by atoms with E-state index in [-0.39, 0.29) is 23.3 Å². The van der Waals surface area contributed by atoms with Crippen LogP contribution < -0.4 is 0 Å². The van der Waals surface area contributed by atoms with Gasteiger partial charge in [0.15, 0.2) is 0 Å². The Morgan fingerprint density at radius 2 is 2.30 bits per heavy atom. The van der Waals surface area contributed by atoms with Gasteiger partial charge in [-0.25, -0.2) is 0 Å². The third-order valence-corrected chi connectivity index (χ3v) is 2.19. The van der Waals surface area contributed by atoms with Crippen LogP contribution in [0.2, 0.25) is 0 Å². The minimum absolute atomic E-state index is 0.0255. The Bertz CT molecular complexity index is 138. The normalized spacial score (nSPS) is 31.4. The molecule has 58 valence electrons. The van der Waals surface area contributed by atoms with E-state index in [9.17, 15) is 4.79 Å². The lowest BCUT2D eigenvalue weighted by atomic mass is 9.83. The molecule has 1 aliphatic carbocycles. The van der Waals surface area contributed by atoms with Gasteiger partial charge in [-0.3, -0.25) is 4.79 Å². The Kier molecular flexibility index (Phi) is 2.96. The molecule has 1 fully saturated rings. The van der Waals surface area contributed by atoms with Gasteiger partial charge in [0, 0.05) is 0 Å². The van der Waals surface area contributed by atoms with Gasteiger partial charge in [-0.05, 0) is 24.4 Å². The lowest BCUT2D eigenvalue weighted by Crippen LogP contribution is -2.37. The van der Waals surface area contributed by atoms with Gasteiger partial charge in [-0.15, -0.1) is 0 Å². The monoisotopic (exact) mass is 182 g/mol. The summed E-state index contributed by atoms with van der Waals surface area (Å²) in [6, 6.07) is 0.144. The lowest BCUT2D eigenvalue weighted by Gasteiger charge is -2.32. The Hall–Kier alpha value is 0.210. The number of carbonyl (C=O) groups excluding carboxylic acids is 1. The van der Waals surface area contributed by atoms with E-state index >= 15 is 0 Å². The summed E-state index contributed by atoms with van der Waals surface area (Å²) in [5, 5.41) is -0.304. The molecule has 1 aliphatic rings. The third-order valence-electron chi connectivity index (χ3n) is 1.78. The topological polar surface area (TPSA) is 26.3 Å². The standard InChI is InChI=1S/C6H8Cl2O2/c7-3-10-5-2-1-4(5)6(8)9/h4-5H,1-3H2. The summed E-state index contributed by atoms with van der Waals surface area (Å²) in [6.45, 7) is 0. The average molecular weight is 183 g/mol. The molecule has 0 radical (unpaired) electrons. The van der Waals surface area contributed by atoms with Crippen LogP contribution in [0.3, 0.4) is 0 Å². The van der Waals surface area contributed by atoms with E-state index in [1.54, 1.807) is 0 Å². The molecule has 10 heavy (non-hydrogen) atoms. The summed E-state index contributed by atoms with van der Waals surface area (Å²) in [5.41, 5.74) is 0. The van der Waals surface area contributed by atoms with E-state index in [1.807, 2.05) is 0 Å². The van der Waals surface area contributed by atoms with Crippen LogP contribution in [-0.4, -0.2) is 17.4 Å². The average Bonchev–Trinajstić information content (AvgIpc) is 1.78. The molecule has 2 atom stereocenters. The zero-order valence-corrected chi connectivity index (χ0v) is 6.86. The molecule has 1 saturated carbocycles. The Labute approximate surface area is 69.4 Å². The zero-order valence-electron chi connectivity index (χ0n) is 5.35. The number of halogens is 2. The first-order chi connectivity index (χ1) is 4.75. The van der Waals surface area contributed by atoms with Crippen molar-refractivity contribution in [2.24, 2.45) is 5.92 Å². The predicted molar refractivity (Wildman–Crippen MR) is 39.2 cm³/mol. The van der Waals surface area contributed by atoms with Crippen molar-refractivity contribution < 1.29 is 9.53 Å². The molecule has 0 N–H and O–H groups in total. The van der Waals surface area contributed by atoms with E-state index in [0.717, 1.165) is 12.8 Å². The Morgan fingerprint density at radius 3 is 2.60 bits per heavy atom. The molecule has 0 aromatic carbocycles. The Morgan fingerprint density at radius 1 is 1.60 bits per heavy atom. The number of carbonyl (C=O) groups is 1. The smallest absolute Gasteiger partial charge is 0.227 e. The molecule has 0 aliphatic heterocycles. The summed E-state index contributed by atoms with van der Waals surface area (Å²) in [4.78, 5) is 10.6. The van der Waals surface area contributed by atoms with Crippen molar-refractivity contribution >= 4 is 28.4 Å². The van der Waals surface area contributed by atoms with Gasteiger partial charge < -0.3 is 4.74 Å². The molecular formula is C6H8Cl2O2. The van der Waals surface area contributed by atoms with Crippen LogP contribution in [0.25, 0.3) is 0 Å². The molecule has 2 nitrogen and oxygen atoms in total. The van der Waals surface area contributed by atoms with Crippen LogP contribution in [0.15, 0.2) is 0 Å². The molecule has 0 bridgehead atoms. The van der Waals surface area contributed by atoms with Gasteiger partial charge >= 0.3 is 0 Å². The second-order valence-corrected chi connectivity index (χ2v) is 2.89. The number of hydrogen-bond donors (Lipinski definition) is 0. The van der Waals surface area contributed by atoms with Gasteiger partial charge in [0.25, 0.3) is 0 Å². The van der Waals surface area contributed by atoms with Crippen LogP contribution in [0, 0.1) is 5.92 Å². The van der Waals surface area contributed by atoms with Gasteiger partial charge in [-0.1, -0.05) is 11.6 Å². The van der Waals surface area contributed by atoms with E-state index < -0.39 is 0 Å². The highest BCUT2D eigenvalue weighted by atomic mass is 35.5. The second kappa shape index (κ2) is 3.56. The minimum Gasteiger partial charge on any atom is -0.362 e. The number of rotatable bonds is 3. The van der Waals surface area contributed by atoms with Gasteiger partial charge in [-0.2, -0.15) is 0 Å². The van der Waals surface area contributed by atoms with Crippen LogP contribution >= 0.6 is 23.2 Å². The van der Waals surface area contributed by atoms with Crippen LogP contribution in [-0.2, 0) is 9.53 Å². The molecular weight excluding hydrogens is 175 g/mol. The van der Waals surface area contributed by atoms with Crippen molar-refractivity contribution in [2.45, 2.75) is 18.9 Å². The van der Waals surface area contributed by atoms with Crippen LogP contribution in [0.1, 0.15) is 12.8 Å². The Balaban J connectivity index is 2.28. The van der Waals surface area contributed by atoms with Gasteiger partial charge in [0.1, 0.15) is 6.07 Å². The quantitative estimate of drug-likeness (QED) is 0.492. The highest BCUT2D eigenvalue weighted by Crippen LogP contribution is 2.32. The molecule has 0 aromatic heterocycles. The lowest BCUT2D eigenvalue weighted by molar-refractivity contribution is -0.126. The fraction of sp³-hybridized carbons (Fsp3) is 0.833. The molecule has 0 saturated heterocycles. The molecule has 0 amide bonds. The maximum Gasteiger partial charge on any atom is 0.227 e. The first kappa shape index (κ1) is 8.31. The third kappa shape index (κ3) is 1.62. The fourth-order valence-corrected chi connectivity index (χ4v) is 1.42. The summed E-state index contributed by atoms with van der Waals surface area (Å²) < 4.78 is 5.01. The van der Waals surface area contributed by atoms with Crippen molar-refractivity contribution in [2.75, 3.05) is 6.07 Å². The van der Waals surface area contributed by atoms with Crippen molar-refractivity contribution in [3.8, 4) is 0 Å². The predicted octanol–water partition coefficient (Wildman–Crippen LogP) is 1.74. The zero-order chi connectivity index (χ0) is 7.56. The summed E-state index contributed by atoms with van der Waals surface area (Å²) in [5.74, 6) is -0.111. The molecule has 2 unspecified atom stereocenters. The van der Waals surface area contributed by atoms with Crippen LogP contribution in [0.4, 0.5) is 0 Å². The maximum atomic E-state index is 10.6. The number of hydrogen-bond acceptors (Lipinski definition) is 2. The van der Waals surface area contributed by atoms with Crippen molar-refractivity contribution in [1.82, 2.24) is 0 Å². The fourth-order valence-electron chi connectivity index (χ4n) is 1.01. The maximum absolute atomic E-state index is 10.6. The van der Waals surface area contributed by atoms with Crippen molar-refractivity contribution in [1.29, 1.82) is 0 Å². The summed E-state index contributed by atoms with van der Waals surface area (Å²) in [7, 11) is 0. The summed E-state index contributed by atoms with van der Waals surface area (Å²) >= 11 is 10.6. The molecule has 0 heterocycles. The van der Waals surface area contributed by atoms with E-state index in [2.05, 4.69) is 0 Å². The highest BCUT2D eigenvalue weighted by Gasteiger charge is 2.36.